The van der Waals surface area contributed by atoms with Crippen LogP contribution in [0.2, 0.25) is 0 Å². The fourth-order valence-corrected chi connectivity index (χ4v) is 4.02. The van der Waals surface area contributed by atoms with Gasteiger partial charge in [0.15, 0.2) is 11.5 Å². The van der Waals surface area contributed by atoms with E-state index < -0.39 is 0 Å². The summed E-state index contributed by atoms with van der Waals surface area (Å²) in [7, 11) is 0. The molecule has 5 nitrogen and oxygen atoms in total. The monoisotopic (exact) mass is 375 g/mol. The van der Waals surface area contributed by atoms with Gasteiger partial charge in [0, 0.05) is 29.6 Å². The topological polar surface area (TPSA) is 59.8 Å². The second-order valence-corrected chi connectivity index (χ2v) is 7.94. The molecule has 0 N–H and O–H groups in total. The zero-order valence-electron chi connectivity index (χ0n) is 16.0. The number of ether oxygens (including phenoxy) is 1. The van der Waals surface area contributed by atoms with Gasteiger partial charge in [0.05, 0.1) is 11.1 Å². The van der Waals surface area contributed by atoms with E-state index in [0.717, 1.165) is 24.3 Å². The van der Waals surface area contributed by atoms with Crippen LogP contribution >= 0.6 is 0 Å². The van der Waals surface area contributed by atoms with Gasteiger partial charge in [-0.2, -0.15) is 0 Å². The Morgan fingerprint density at radius 3 is 2.54 bits per heavy atom. The van der Waals surface area contributed by atoms with Crippen LogP contribution in [0.3, 0.4) is 0 Å². The number of furan rings is 1. The Kier molecular flexibility index (Phi) is 3.88. The van der Waals surface area contributed by atoms with Crippen LogP contribution in [0.15, 0.2) is 40.8 Å². The van der Waals surface area contributed by atoms with Crippen LogP contribution in [0.5, 0.6) is 5.75 Å². The lowest BCUT2D eigenvalue weighted by Crippen LogP contribution is -2.33. The van der Waals surface area contributed by atoms with Gasteiger partial charge in [-0.1, -0.05) is 38.1 Å². The van der Waals surface area contributed by atoms with Crippen LogP contribution in [-0.2, 0) is 6.54 Å². The number of fused-ring (bicyclic) bond motifs is 6. The van der Waals surface area contributed by atoms with Crippen LogP contribution in [-0.4, -0.2) is 29.7 Å². The average molecular weight is 375 g/mol. The normalized spacial score (nSPS) is 16.1. The van der Waals surface area contributed by atoms with E-state index in [4.69, 9.17) is 9.15 Å². The Bertz CT molecular complexity index is 1130. The van der Waals surface area contributed by atoms with Crippen molar-refractivity contribution in [2.75, 3.05) is 13.3 Å². The molecule has 2 aliphatic rings. The lowest BCUT2D eigenvalue weighted by atomic mass is 9.87. The highest BCUT2D eigenvalue weighted by molar-refractivity contribution is 6.31. The van der Waals surface area contributed by atoms with Gasteiger partial charge in [0.1, 0.15) is 18.1 Å². The van der Waals surface area contributed by atoms with Gasteiger partial charge in [-0.3, -0.25) is 14.5 Å². The minimum Gasteiger partial charge on any atom is -0.478 e. The summed E-state index contributed by atoms with van der Waals surface area (Å²) in [5, 5.41) is 0.691. The molecule has 5 rings (SSSR count). The number of carbonyl (C=O) groups excluding carboxylic acids is 2. The standard InChI is InChI=1S/C23H21NO4/c1-13(2)9-10-24-11-17-18(27-12-24)8-7-16-19-20(25)14-5-3-4-6-15(14)21(26)23(19)28-22(16)17/h3-8,13H,9-12H2,1-2H3. The summed E-state index contributed by atoms with van der Waals surface area (Å²) in [6, 6.07) is 10.6. The molecule has 28 heavy (non-hydrogen) atoms. The third-order valence-electron chi connectivity index (χ3n) is 5.57. The molecule has 1 aromatic heterocycles. The Labute approximate surface area is 162 Å². The maximum atomic E-state index is 13.1. The number of nitrogens with zero attached hydrogens (tertiary/aromatic N) is 1. The minimum absolute atomic E-state index is 0.145. The highest BCUT2D eigenvalue weighted by Crippen LogP contribution is 2.40. The quantitative estimate of drug-likeness (QED) is 0.531. The molecule has 5 heteroatoms. The van der Waals surface area contributed by atoms with E-state index in [0.29, 0.717) is 46.9 Å². The van der Waals surface area contributed by atoms with Gasteiger partial charge in [-0.25, -0.2) is 0 Å². The van der Waals surface area contributed by atoms with Crippen molar-refractivity contribution in [3.05, 3.63) is 64.4 Å². The van der Waals surface area contributed by atoms with Crippen molar-refractivity contribution < 1.29 is 18.7 Å². The van der Waals surface area contributed by atoms with Gasteiger partial charge in [-0.05, 0) is 24.5 Å². The Hall–Kier alpha value is -2.92. The van der Waals surface area contributed by atoms with Crippen LogP contribution in [0.1, 0.15) is 57.9 Å². The van der Waals surface area contributed by atoms with Gasteiger partial charge >= 0.3 is 0 Å². The highest BCUT2D eigenvalue weighted by atomic mass is 16.5. The van der Waals surface area contributed by atoms with Gasteiger partial charge in [-0.15, -0.1) is 0 Å². The van der Waals surface area contributed by atoms with Crippen molar-refractivity contribution in [2.45, 2.75) is 26.8 Å². The van der Waals surface area contributed by atoms with E-state index in [-0.39, 0.29) is 17.3 Å². The summed E-state index contributed by atoms with van der Waals surface area (Å²) in [5.74, 6) is 1.13. The van der Waals surface area contributed by atoms with Crippen molar-refractivity contribution in [3.8, 4) is 5.75 Å². The molecule has 3 aromatic rings. The van der Waals surface area contributed by atoms with Crippen molar-refractivity contribution in [1.29, 1.82) is 0 Å². The number of hydrogen-bond donors (Lipinski definition) is 0. The molecule has 0 saturated carbocycles. The Morgan fingerprint density at radius 2 is 1.79 bits per heavy atom. The van der Waals surface area contributed by atoms with Crippen molar-refractivity contribution >= 4 is 22.5 Å². The van der Waals surface area contributed by atoms with Gasteiger partial charge in [0.25, 0.3) is 0 Å². The van der Waals surface area contributed by atoms with E-state index >= 15 is 0 Å². The van der Waals surface area contributed by atoms with Crippen molar-refractivity contribution in [3.63, 3.8) is 0 Å². The Morgan fingerprint density at radius 1 is 1.04 bits per heavy atom. The molecule has 0 amide bonds. The zero-order chi connectivity index (χ0) is 19.4. The van der Waals surface area contributed by atoms with E-state index in [2.05, 4.69) is 18.7 Å². The molecule has 0 radical (unpaired) electrons. The van der Waals surface area contributed by atoms with Crippen LogP contribution < -0.4 is 4.74 Å². The summed E-state index contributed by atoms with van der Waals surface area (Å²) in [6.45, 7) is 6.55. The largest absolute Gasteiger partial charge is 0.478 e. The Balaban J connectivity index is 1.62. The molecule has 0 fully saturated rings. The van der Waals surface area contributed by atoms with Gasteiger partial charge < -0.3 is 9.15 Å². The average Bonchev–Trinajstić information content (AvgIpc) is 3.11. The van der Waals surface area contributed by atoms with Crippen LogP contribution in [0.4, 0.5) is 0 Å². The first-order valence-electron chi connectivity index (χ1n) is 9.66. The summed E-state index contributed by atoms with van der Waals surface area (Å²) in [5.41, 5.74) is 2.72. The number of carbonyl (C=O) groups is 2. The van der Waals surface area contributed by atoms with E-state index in [1.165, 1.54) is 0 Å². The van der Waals surface area contributed by atoms with Gasteiger partial charge in [0.2, 0.25) is 5.78 Å². The molecule has 142 valence electrons. The molecule has 0 saturated heterocycles. The fraction of sp³-hybridized carbons (Fsp3) is 0.304. The maximum Gasteiger partial charge on any atom is 0.229 e. The highest BCUT2D eigenvalue weighted by Gasteiger charge is 2.36. The lowest BCUT2D eigenvalue weighted by molar-refractivity contribution is 0.0909. The first-order valence-corrected chi connectivity index (χ1v) is 9.66. The maximum absolute atomic E-state index is 13.1. The molecule has 2 aromatic carbocycles. The molecule has 2 heterocycles. The van der Waals surface area contributed by atoms with Crippen molar-refractivity contribution in [2.24, 2.45) is 5.92 Å². The van der Waals surface area contributed by atoms with E-state index in [1.807, 2.05) is 12.1 Å². The number of benzene rings is 2. The van der Waals surface area contributed by atoms with E-state index in [9.17, 15) is 9.59 Å². The summed E-state index contributed by atoms with van der Waals surface area (Å²) in [4.78, 5) is 28.3. The molecule has 0 unspecified atom stereocenters. The van der Waals surface area contributed by atoms with Crippen molar-refractivity contribution in [1.82, 2.24) is 4.90 Å². The van der Waals surface area contributed by atoms with Crippen LogP contribution in [0.25, 0.3) is 11.0 Å². The second kappa shape index (κ2) is 6.31. The summed E-state index contributed by atoms with van der Waals surface area (Å²) >= 11 is 0. The van der Waals surface area contributed by atoms with E-state index in [1.54, 1.807) is 24.3 Å². The molecule has 0 atom stereocenters. The molecule has 1 aliphatic heterocycles. The van der Waals surface area contributed by atoms with Crippen LogP contribution in [0, 0.1) is 5.92 Å². The first kappa shape index (κ1) is 17.2. The predicted octanol–water partition coefficient (Wildman–Crippen LogP) is 4.41. The number of rotatable bonds is 3. The first-order chi connectivity index (χ1) is 13.5. The zero-order valence-corrected chi connectivity index (χ0v) is 16.0. The summed E-state index contributed by atoms with van der Waals surface area (Å²) in [6.07, 6.45) is 1.08. The SMILES string of the molecule is CC(C)CCN1COc2ccc3c4c(oc3c2C1)C(=O)c1ccccc1C4=O. The number of hydrogen-bond acceptors (Lipinski definition) is 5. The second-order valence-electron chi connectivity index (χ2n) is 7.94. The molecular formula is C23H21NO4. The molecule has 0 spiro atoms. The fourth-order valence-electron chi connectivity index (χ4n) is 4.02. The molecule has 1 aliphatic carbocycles. The third-order valence-corrected chi connectivity index (χ3v) is 5.57. The third kappa shape index (κ3) is 2.50. The predicted molar refractivity (Wildman–Crippen MR) is 105 cm³/mol. The number of ketones is 2. The molecular weight excluding hydrogens is 354 g/mol. The summed E-state index contributed by atoms with van der Waals surface area (Å²) < 4.78 is 11.9. The molecule has 0 bridgehead atoms. The smallest absolute Gasteiger partial charge is 0.229 e. The lowest BCUT2D eigenvalue weighted by Gasteiger charge is -2.29. The minimum atomic E-state index is -0.233.